The Morgan fingerprint density at radius 2 is 1.73 bits per heavy atom. The molecule has 1 N–H and O–H groups in total. The predicted molar refractivity (Wildman–Crippen MR) is 83.1 cm³/mol. The van der Waals surface area contributed by atoms with Crippen molar-refractivity contribution in [2.75, 3.05) is 13.2 Å². The third-order valence-corrected chi connectivity index (χ3v) is 2.67. The topological polar surface area (TPSA) is 72.8 Å². The Balaban J connectivity index is 2.14. The molecule has 22 heavy (non-hydrogen) atoms. The summed E-state index contributed by atoms with van der Waals surface area (Å²) in [6.07, 6.45) is 4.17. The number of phenolic OH excluding ortho intramolecular Hbond substituents is 1. The van der Waals surface area contributed by atoms with Gasteiger partial charge in [-0.05, 0) is 43.5 Å². The second-order valence-electron chi connectivity index (χ2n) is 4.72. The third-order valence-electron chi connectivity index (χ3n) is 2.67. The molecule has 1 rings (SSSR count). The lowest BCUT2D eigenvalue weighted by Crippen LogP contribution is -2.08. The number of phenols is 1. The summed E-state index contributed by atoms with van der Waals surface area (Å²) < 4.78 is 9.92. The Bertz CT molecular complexity index is 543. The molecule has 0 saturated carbocycles. The number of aromatic hydroxyl groups is 1. The second-order valence-corrected chi connectivity index (χ2v) is 4.72. The van der Waals surface area contributed by atoms with Gasteiger partial charge in [-0.2, -0.15) is 0 Å². The number of carbonyl (C=O) groups excluding carboxylic acids is 2. The van der Waals surface area contributed by atoms with Crippen LogP contribution >= 0.6 is 0 Å². The summed E-state index contributed by atoms with van der Waals surface area (Å²) in [5, 5.41) is 9.13. The Morgan fingerprint density at radius 1 is 1.14 bits per heavy atom. The fourth-order valence-electron chi connectivity index (χ4n) is 1.46. The summed E-state index contributed by atoms with van der Waals surface area (Å²) in [6, 6.07) is 6.46. The highest BCUT2D eigenvalue weighted by Crippen LogP contribution is 2.10. The number of esters is 2. The summed E-state index contributed by atoms with van der Waals surface area (Å²) in [6.45, 7) is 5.62. The van der Waals surface area contributed by atoms with E-state index in [-0.39, 0.29) is 19.0 Å². The number of unbranched alkanes of at least 4 members (excludes halogenated alkanes) is 1. The van der Waals surface area contributed by atoms with Gasteiger partial charge in [0.1, 0.15) is 5.75 Å². The van der Waals surface area contributed by atoms with Crippen molar-refractivity contribution in [3.05, 3.63) is 48.1 Å². The van der Waals surface area contributed by atoms with E-state index in [1.165, 1.54) is 18.2 Å². The minimum atomic E-state index is -0.438. The van der Waals surface area contributed by atoms with Crippen LogP contribution in [0.3, 0.4) is 0 Å². The molecule has 0 aromatic heterocycles. The smallest absolute Gasteiger partial charge is 0.333 e. The van der Waals surface area contributed by atoms with Gasteiger partial charge in [-0.15, -0.1) is 0 Å². The van der Waals surface area contributed by atoms with E-state index in [1.54, 1.807) is 25.1 Å². The maximum absolute atomic E-state index is 11.5. The number of hydrogen-bond donors (Lipinski definition) is 1. The summed E-state index contributed by atoms with van der Waals surface area (Å²) in [4.78, 5) is 22.6. The summed E-state index contributed by atoms with van der Waals surface area (Å²) in [7, 11) is 0. The zero-order valence-electron chi connectivity index (χ0n) is 12.6. The van der Waals surface area contributed by atoms with Gasteiger partial charge in [0, 0.05) is 11.6 Å². The number of rotatable bonds is 8. The largest absolute Gasteiger partial charge is 0.508 e. The van der Waals surface area contributed by atoms with Gasteiger partial charge in [0.25, 0.3) is 0 Å². The predicted octanol–water partition coefficient (Wildman–Crippen LogP) is 2.85. The van der Waals surface area contributed by atoms with E-state index in [9.17, 15) is 9.59 Å². The first-order valence-electron chi connectivity index (χ1n) is 6.95. The standard InChI is InChI=1S/C17H20O5/c1-13(2)17(20)22-12-4-3-11-21-16(19)10-7-14-5-8-15(18)9-6-14/h5-10,18H,1,3-4,11-12H2,2H3. The van der Waals surface area contributed by atoms with Gasteiger partial charge in [0.2, 0.25) is 0 Å². The van der Waals surface area contributed by atoms with Crippen LogP contribution in [0.4, 0.5) is 0 Å². The zero-order valence-corrected chi connectivity index (χ0v) is 12.6. The number of carbonyl (C=O) groups is 2. The summed E-state index contributed by atoms with van der Waals surface area (Å²) in [5.41, 5.74) is 1.16. The number of benzene rings is 1. The molecule has 0 aliphatic rings. The van der Waals surface area contributed by atoms with Gasteiger partial charge >= 0.3 is 11.9 Å². The molecule has 118 valence electrons. The van der Waals surface area contributed by atoms with Crippen LogP contribution in [0.5, 0.6) is 5.75 Å². The first-order valence-corrected chi connectivity index (χ1v) is 6.95. The van der Waals surface area contributed by atoms with Crippen molar-refractivity contribution >= 4 is 18.0 Å². The minimum Gasteiger partial charge on any atom is -0.508 e. The average Bonchev–Trinajstić information content (AvgIpc) is 2.49. The third kappa shape index (κ3) is 7.28. The maximum atomic E-state index is 11.5. The van der Waals surface area contributed by atoms with Crippen molar-refractivity contribution in [3.8, 4) is 5.75 Å². The van der Waals surface area contributed by atoms with Crippen LogP contribution in [0.25, 0.3) is 6.08 Å². The van der Waals surface area contributed by atoms with E-state index in [4.69, 9.17) is 14.6 Å². The lowest BCUT2D eigenvalue weighted by atomic mass is 10.2. The molecule has 0 fully saturated rings. The van der Waals surface area contributed by atoms with E-state index >= 15 is 0 Å². The highest BCUT2D eigenvalue weighted by molar-refractivity contribution is 5.87. The first-order chi connectivity index (χ1) is 10.5. The average molecular weight is 304 g/mol. The number of ether oxygens (including phenoxy) is 2. The molecule has 0 saturated heterocycles. The van der Waals surface area contributed by atoms with Gasteiger partial charge < -0.3 is 14.6 Å². The van der Waals surface area contributed by atoms with E-state index < -0.39 is 11.9 Å². The summed E-state index contributed by atoms with van der Waals surface area (Å²) >= 11 is 0. The molecular formula is C17H20O5. The quantitative estimate of drug-likeness (QED) is 0.454. The van der Waals surface area contributed by atoms with Crippen LogP contribution in [0.2, 0.25) is 0 Å². The second kappa shape index (κ2) is 9.39. The molecule has 0 unspecified atom stereocenters. The normalized spacial score (nSPS) is 10.4. The van der Waals surface area contributed by atoms with Crippen molar-refractivity contribution in [1.29, 1.82) is 0 Å². The van der Waals surface area contributed by atoms with E-state index in [1.807, 2.05) is 0 Å². The highest BCUT2D eigenvalue weighted by atomic mass is 16.5. The van der Waals surface area contributed by atoms with Crippen LogP contribution in [0.15, 0.2) is 42.5 Å². The lowest BCUT2D eigenvalue weighted by molar-refractivity contribution is -0.140. The van der Waals surface area contributed by atoms with Gasteiger partial charge in [-0.3, -0.25) is 0 Å². The Hall–Kier alpha value is -2.56. The van der Waals surface area contributed by atoms with Gasteiger partial charge in [-0.1, -0.05) is 18.7 Å². The monoisotopic (exact) mass is 304 g/mol. The summed E-state index contributed by atoms with van der Waals surface area (Å²) in [5.74, 6) is -0.673. The van der Waals surface area contributed by atoms with Crippen molar-refractivity contribution in [2.24, 2.45) is 0 Å². The fourth-order valence-corrected chi connectivity index (χ4v) is 1.46. The van der Waals surface area contributed by atoms with E-state index in [0.717, 1.165) is 5.56 Å². The molecule has 0 radical (unpaired) electrons. The van der Waals surface area contributed by atoms with Crippen molar-refractivity contribution < 1.29 is 24.2 Å². The van der Waals surface area contributed by atoms with Crippen LogP contribution in [0, 0.1) is 0 Å². The van der Waals surface area contributed by atoms with Crippen molar-refractivity contribution in [1.82, 2.24) is 0 Å². The van der Waals surface area contributed by atoms with E-state index in [0.29, 0.717) is 18.4 Å². The van der Waals surface area contributed by atoms with Crippen LogP contribution < -0.4 is 0 Å². The molecule has 0 amide bonds. The molecule has 1 aromatic rings. The molecule has 5 heteroatoms. The van der Waals surface area contributed by atoms with Crippen molar-refractivity contribution in [2.45, 2.75) is 19.8 Å². The highest BCUT2D eigenvalue weighted by Gasteiger charge is 2.02. The fraction of sp³-hybridized carbons (Fsp3) is 0.294. The first kappa shape index (κ1) is 17.5. The minimum absolute atomic E-state index is 0.173. The molecule has 0 bridgehead atoms. The van der Waals surface area contributed by atoms with Gasteiger partial charge in [0.05, 0.1) is 13.2 Å². The molecule has 0 aliphatic carbocycles. The maximum Gasteiger partial charge on any atom is 0.333 e. The Morgan fingerprint density at radius 3 is 2.32 bits per heavy atom. The van der Waals surface area contributed by atoms with E-state index in [2.05, 4.69) is 6.58 Å². The lowest BCUT2D eigenvalue weighted by Gasteiger charge is -2.04. The Kier molecular flexibility index (Phi) is 7.47. The van der Waals surface area contributed by atoms with Crippen LogP contribution in [-0.2, 0) is 19.1 Å². The number of hydrogen-bond acceptors (Lipinski definition) is 5. The van der Waals surface area contributed by atoms with Gasteiger partial charge in [-0.25, -0.2) is 9.59 Å². The van der Waals surface area contributed by atoms with Crippen molar-refractivity contribution in [3.63, 3.8) is 0 Å². The molecule has 0 atom stereocenters. The molecule has 0 aliphatic heterocycles. The zero-order chi connectivity index (χ0) is 16.4. The molecule has 5 nitrogen and oxygen atoms in total. The SMILES string of the molecule is C=C(C)C(=O)OCCCCOC(=O)C=Cc1ccc(O)cc1. The van der Waals surface area contributed by atoms with Gasteiger partial charge in [0.15, 0.2) is 0 Å². The Labute approximate surface area is 129 Å². The van der Waals surface area contributed by atoms with Crippen LogP contribution in [0.1, 0.15) is 25.3 Å². The molecular weight excluding hydrogens is 284 g/mol. The van der Waals surface area contributed by atoms with Crippen LogP contribution in [-0.4, -0.2) is 30.3 Å². The molecule has 0 spiro atoms. The molecule has 1 aromatic carbocycles. The molecule has 0 heterocycles.